The number of hydrogen-bond donors (Lipinski definition) is 1. The first kappa shape index (κ1) is 12.3. The Kier molecular flexibility index (Phi) is 3.31. The van der Waals surface area contributed by atoms with Gasteiger partial charge < -0.3 is 10.5 Å². The molecule has 1 aliphatic rings. The maximum Gasteiger partial charge on any atom is 0.103 e. The number of nitrogens with two attached hydrogens (primary N) is 1. The first-order chi connectivity index (χ1) is 9.29. The topological polar surface area (TPSA) is 66.0 Å². The Labute approximate surface area is 112 Å². The van der Waals surface area contributed by atoms with E-state index < -0.39 is 0 Å². The molecule has 1 aliphatic heterocycles. The van der Waals surface area contributed by atoms with E-state index in [2.05, 4.69) is 29.4 Å². The molecule has 0 radical (unpaired) electrons. The van der Waals surface area contributed by atoms with Crippen molar-refractivity contribution in [3.8, 4) is 5.69 Å². The highest BCUT2D eigenvalue weighted by atomic mass is 16.5. The number of aromatic nitrogens is 3. The zero-order valence-corrected chi connectivity index (χ0v) is 11.0. The maximum absolute atomic E-state index is 5.77. The lowest BCUT2D eigenvalue weighted by atomic mass is 10.1. The average molecular weight is 258 g/mol. The van der Waals surface area contributed by atoms with Gasteiger partial charge in [-0.25, -0.2) is 4.68 Å². The minimum absolute atomic E-state index is 0.0647. The molecule has 0 saturated carbocycles. The van der Waals surface area contributed by atoms with Crippen LogP contribution in [0.3, 0.4) is 0 Å². The van der Waals surface area contributed by atoms with E-state index in [1.54, 1.807) is 0 Å². The van der Waals surface area contributed by atoms with Crippen molar-refractivity contribution in [3.05, 3.63) is 41.2 Å². The van der Waals surface area contributed by atoms with E-state index in [9.17, 15) is 0 Å². The van der Waals surface area contributed by atoms with Crippen molar-refractivity contribution >= 4 is 0 Å². The summed E-state index contributed by atoms with van der Waals surface area (Å²) in [5.41, 5.74) is 9.82. The van der Waals surface area contributed by atoms with Gasteiger partial charge in [-0.05, 0) is 31.9 Å². The molecule has 5 nitrogen and oxygen atoms in total. The van der Waals surface area contributed by atoms with Crippen LogP contribution in [-0.4, -0.2) is 21.6 Å². The number of benzene rings is 1. The largest absolute Gasteiger partial charge is 0.372 e. The molecule has 0 amide bonds. The zero-order valence-electron chi connectivity index (χ0n) is 11.0. The summed E-state index contributed by atoms with van der Waals surface area (Å²) in [6.45, 7) is 3.26. The molecule has 1 atom stereocenters. The molecular weight excluding hydrogens is 240 g/mol. The van der Waals surface area contributed by atoms with Crippen LogP contribution in [0.4, 0.5) is 0 Å². The third-order valence-electron chi connectivity index (χ3n) is 3.49. The minimum atomic E-state index is 0.0647. The van der Waals surface area contributed by atoms with Crippen LogP contribution in [0.25, 0.3) is 5.69 Å². The summed E-state index contributed by atoms with van der Waals surface area (Å²) in [4.78, 5) is 0. The van der Waals surface area contributed by atoms with Gasteiger partial charge in [-0.1, -0.05) is 22.9 Å². The van der Waals surface area contributed by atoms with E-state index in [1.165, 1.54) is 5.56 Å². The Morgan fingerprint density at radius 2 is 2.16 bits per heavy atom. The fourth-order valence-electron chi connectivity index (χ4n) is 2.46. The Morgan fingerprint density at radius 3 is 2.79 bits per heavy atom. The molecule has 100 valence electrons. The van der Waals surface area contributed by atoms with E-state index in [4.69, 9.17) is 10.5 Å². The van der Waals surface area contributed by atoms with Crippen molar-refractivity contribution in [2.45, 2.75) is 32.4 Å². The molecule has 3 rings (SSSR count). The third kappa shape index (κ3) is 2.27. The minimum Gasteiger partial charge on any atom is -0.372 e. The van der Waals surface area contributed by atoms with Crippen molar-refractivity contribution in [1.82, 2.24) is 15.0 Å². The second-order valence-electron chi connectivity index (χ2n) is 4.87. The second kappa shape index (κ2) is 5.11. The van der Waals surface area contributed by atoms with Crippen molar-refractivity contribution in [2.24, 2.45) is 5.73 Å². The van der Waals surface area contributed by atoms with Crippen LogP contribution in [0.1, 0.15) is 35.9 Å². The van der Waals surface area contributed by atoms with Crippen molar-refractivity contribution in [2.75, 3.05) is 6.61 Å². The molecule has 1 saturated heterocycles. The molecule has 0 spiro atoms. The molecular formula is C14H18N4O. The molecule has 19 heavy (non-hydrogen) atoms. The van der Waals surface area contributed by atoms with Crippen molar-refractivity contribution in [3.63, 3.8) is 0 Å². The molecule has 2 aromatic rings. The summed E-state index contributed by atoms with van der Waals surface area (Å²) in [6.07, 6.45) is 2.15. The Hall–Kier alpha value is -1.72. The molecule has 1 aromatic heterocycles. The summed E-state index contributed by atoms with van der Waals surface area (Å²) < 4.78 is 7.63. The zero-order chi connectivity index (χ0) is 13.2. The first-order valence-corrected chi connectivity index (χ1v) is 6.63. The highest BCUT2D eigenvalue weighted by Gasteiger charge is 2.26. The standard InChI is InChI=1S/C14H18N4O/c1-10-4-6-11(7-5-10)18-14(12(9-15)16-17-18)13-3-2-8-19-13/h4-7,13H,2-3,8-9,15H2,1H3. The summed E-state index contributed by atoms with van der Waals surface area (Å²) in [5.74, 6) is 0. The molecule has 5 heteroatoms. The van der Waals surface area contributed by atoms with Crippen LogP contribution in [0.15, 0.2) is 24.3 Å². The molecule has 1 unspecified atom stereocenters. The first-order valence-electron chi connectivity index (χ1n) is 6.63. The van der Waals surface area contributed by atoms with E-state index in [1.807, 2.05) is 16.8 Å². The van der Waals surface area contributed by atoms with E-state index in [0.717, 1.165) is 36.5 Å². The van der Waals surface area contributed by atoms with Gasteiger partial charge in [0.05, 0.1) is 11.4 Å². The van der Waals surface area contributed by atoms with E-state index >= 15 is 0 Å². The van der Waals surface area contributed by atoms with Gasteiger partial charge in [0.25, 0.3) is 0 Å². The number of aryl methyl sites for hydroxylation is 1. The van der Waals surface area contributed by atoms with E-state index in [-0.39, 0.29) is 6.10 Å². The summed E-state index contributed by atoms with van der Waals surface area (Å²) >= 11 is 0. The highest BCUT2D eigenvalue weighted by molar-refractivity contribution is 5.36. The highest BCUT2D eigenvalue weighted by Crippen LogP contribution is 2.31. The number of hydrogen-bond acceptors (Lipinski definition) is 4. The van der Waals surface area contributed by atoms with Crippen LogP contribution < -0.4 is 5.73 Å². The van der Waals surface area contributed by atoms with Crippen LogP contribution in [0, 0.1) is 6.92 Å². The van der Waals surface area contributed by atoms with Crippen molar-refractivity contribution in [1.29, 1.82) is 0 Å². The van der Waals surface area contributed by atoms with E-state index in [0.29, 0.717) is 6.54 Å². The fourth-order valence-corrected chi connectivity index (χ4v) is 2.46. The van der Waals surface area contributed by atoms with Gasteiger partial charge in [-0.2, -0.15) is 0 Å². The lowest BCUT2D eigenvalue weighted by Gasteiger charge is -2.13. The summed E-state index contributed by atoms with van der Waals surface area (Å²) in [7, 11) is 0. The predicted octanol–water partition coefficient (Wildman–Crippen LogP) is 1.89. The van der Waals surface area contributed by atoms with Crippen LogP contribution in [0.5, 0.6) is 0 Å². The van der Waals surface area contributed by atoms with Gasteiger partial charge in [0, 0.05) is 13.2 Å². The van der Waals surface area contributed by atoms with Gasteiger partial charge in [0.15, 0.2) is 0 Å². The number of ether oxygens (including phenoxy) is 1. The third-order valence-corrected chi connectivity index (χ3v) is 3.49. The summed E-state index contributed by atoms with van der Waals surface area (Å²) in [5, 5.41) is 8.42. The Bertz CT molecular complexity index is 555. The summed E-state index contributed by atoms with van der Waals surface area (Å²) in [6, 6.07) is 8.22. The monoisotopic (exact) mass is 258 g/mol. The lowest BCUT2D eigenvalue weighted by Crippen LogP contribution is -2.10. The quantitative estimate of drug-likeness (QED) is 0.913. The molecule has 1 aromatic carbocycles. The van der Waals surface area contributed by atoms with Crippen molar-refractivity contribution < 1.29 is 4.74 Å². The van der Waals surface area contributed by atoms with Crippen LogP contribution >= 0.6 is 0 Å². The number of rotatable bonds is 3. The molecule has 1 fully saturated rings. The predicted molar refractivity (Wildman–Crippen MR) is 71.9 cm³/mol. The van der Waals surface area contributed by atoms with Gasteiger partial charge in [-0.15, -0.1) is 5.10 Å². The molecule has 0 bridgehead atoms. The smallest absolute Gasteiger partial charge is 0.103 e. The molecule has 0 aliphatic carbocycles. The Morgan fingerprint density at radius 1 is 1.37 bits per heavy atom. The van der Waals surface area contributed by atoms with Gasteiger partial charge in [0.1, 0.15) is 11.8 Å². The van der Waals surface area contributed by atoms with Gasteiger partial charge in [-0.3, -0.25) is 0 Å². The van der Waals surface area contributed by atoms with Crippen LogP contribution in [0.2, 0.25) is 0 Å². The number of nitrogens with zero attached hydrogens (tertiary/aromatic N) is 3. The molecule has 2 N–H and O–H groups in total. The maximum atomic E-state index is 5.77. The van der Waals surface area contributed by atoms with Gasteiger partial charge in [0.2, 0.25) is 0 Å². The average Bonchev–Trinajstić information content (AvgIpc) is 3.07. The molecule has 2 heterocycles. The second-order valence-corrected chi connectivity index (χ2v) is 4.87. The van der Waals surface area contributed by atoms with Gasteiger partial charge >= 0.3 is 0 Å². The lowest BCUT2D eigenvalue weighted by molar-refractivity contribution is 0.106. The Balaban J connectivity index is 2.05. The van der Waals surface area contributed by atoms with Crippen LogP contribution in [-0.2, 0) is 11.3 Å². The SMILES string of the molecule is Cc1ccc(-n2nnc(CN)c2C2CCCO2)cc1. The fraction of sp³-hybridized carbons (Fsp3) is 0.429. The normalized spacial score (nSPS) is 18.9.